The first kappa shape index (κ1) is 28.7. The molecule has 0 radical (unpaired) electrons. The highest BCUT2D eigenvalue weighted by atomic mass is 35.5. The number of anilines is 1. The lowest BCUT2D eigenvalue weighted by Gasteiger charge is -2.31. The van der Waals surface area contributed by atoms with Gasteiger partial charge in [0.05, 0.1) is 46.2 Å². The van der Waals surface area contributed by atoms with Gasteiger partial charge in [0, 0.05) is 16.6 Å². The number of halogens is 3. The zero-order chi connectivity index (χ0) is 27.3. The Morgan fingerprint density at radius 3 is 2.41 bits per heavy atom. The van der Waals surface area contributed by atoms with Crippen LogP contribution < -0.4 is 15.4 Å². The molecule has 8 nitrogen and oxygen atoms in total. The van der Waals surface area contributed by atoms with Gasteiger partial charge >= 0.3 is 5.97 Å². The van der Waals surface area contributed by atoms with Crippen LogP contribution >= 0.6 is 46.6 Å². The van der Waals surface area contributed by atoms with E-state index < -0.39 is 23.7 Å². The lowest BCUT2D eigenvalue weighted by atomic mass is 9.78. The van der Waals surface area contributed by atoms with Crippen LogP contribution in [0, 0.1) is 24.2 Å². The van der Waals surface area contributed by atoms with Gasteiger partial charge in [-0.3, -0.25) is 14.4 Å². The third kappa shape index (κ3) is 6.51. The molecule has 1 aliphatic rings. The van der Waals surface area contributed by atoms with Crippen LogP contribution in [0.15, 0.2) is 40.9 Å². The molecule has 12 heteroatoms. The molecule has 2 amide bonds. The zero-order valence-corrected chi connectivity index (χ0v) is 23.1. The van der Waals surface area contributed by atoms with Crippen molar-refractivity contribution in [3.8, 4) is 11.8 Å². The van der Waals surface area contributed by atoms with Crippen molar-refractivity contribution < 1.29 is 23.9 Å². The average molecular weight is 583 g/mol. The minimum absolute atomic E-state index is 0.0578. The van der Waals surface area contributed by atoms with E-state index in [9.17, 15) is 19.6 Å². The van der Waals surface area contributed by atoms with E-state index in [0.717, 1.165) is 24.4 Å². The normalized spacial score (nSPS) is 17.1. The molecule has 194 valence electrons. The van der Waals surface area contributed by atoms with Crippen molar-refractivity contribution >= 4 is 70.0 Å². The Labute approximate surface area is 233 Å². The third-order valence-corrected chi connectivity index (χ3v) is 7.44. The molecule has 0 saturated heterocycles. The highest BCUT2D eigenvalue weighted by Gasteiger charge is 2.44. The van der Waals surface area contributed by atoms with Crippen LogP contribution in [0.2, 0.25) is 15.1 Å². The van der Waals surface area contributed by atoms with E-state index in [-0.39, 0.29) is 38.1 Å². The molecule has 1 aliphatic heterocycles. The number of nitrogens with zero attached hydrogens (tertiary/aromatic N) is 1. The van der Waals surface area contributed by atoms with Crippen molar-refractivity contribution in [2.24, 2.45) is 5.92 Å². The van der Waals surface area contributed by atoms with Crippen LogP contribution in [0.25, 0.3) is 0 Å². The first-order chi connectivity index (χ1) is 17.6. The van der Waals surface area contributed by atoms with Crippen LogP contribution in [0.4, 0.5) is 5.69 Å². The van der Waals surface area contributed by atoms with Gasteiger partial charge in [-0.2, -0.15) is 5.26 Å². The summed E-state index contributed by atoms with van der Waals surface area (Å²) in [6.45, 7) is 3.92. The fourth-order valence-corrected chi connectivity index (χ4v) is 5.37. The highest BCUT2D eigenvalue weighted by molar-refractivity contribution is 8.03. The Morgan fingerprint density at radius 2 is 1.84 bits per heavy atom. The van der Waals surface area contributed by atoms with Crippen molar-refractivity contribution in [2.75, 3.05) is 24.8 Å². The fraction of sp³-hybridized carbons (Fsp3) is 0.280. The van der Waals surface area contributed by atoms with Crippen molar-refractivity contribution in [1.82, 2.24) is 5.32 Å². The van der Waals surface area contributed by atoms with Crippen molar-refractivity contribution in [3.63, 3.8) is 0 Å². The van der Waals surface area contributed by atoms with E-state index >= 15 is 0 Å². The molecule has 0 aliphatic carbocycles. The van der Waals surface area contributed by atoms with E-state index in [1.807, 2.05) is 6.92 Å². The number of amides is 2. The number of methoxy groups -OCH3 is 1. The number of benzene rings is 2. The number of rotatable bonds is 8. The maximum atomic E-state index is 13.0. The Bertz CT molecular complexity index is 1300. The van der Waals surface area contributed by atoms with Crippen molar-refractivity contribution in [2.45, 2.75) is 19.8 Å². The third-order valence-electron chi connectivity index (χ3n) is 5.46. The fourth-order valence-electron chi connectivity index (χ4n) is 3.73. The number of carbonyl (C=O) groups excluding carboxylic acids is 3. The molecule has 37 heavy (non-hydrogen) atoms. The molecular weight excluding hydrogens is 561 g/mol. The molecule has 3 rings (SSSR count). The molecule has 0 bridgehead atoms. The van der Waals surface area contributed by atoms with Crippen molar-refractivity contribution in [3.05, 3.63) is 67.1 Å². The quantitative estimate of drug-likeness (QED) is 0.313. The summed E-state index contributed by atoms with van der Waals surface area (Å²) in [4.78, 5) is 38.2. The van der Waals surface area contributed by atoms with Gasteiger partial charge < -0.3 is 20.1 Å². The largest absolute Gasteiger partial charge is 0.491 e. The maximum absolute atomic E-state index is 13.0. The van der Waals surface area contributed by atoms with E-state index in [4.69, 9.17) is 44.3 Å². The molecule has 0 unspecified atom stereocenters. The van der Waals surface area contributed by atoms with Gasteiger partial charge in [0.15, 0.2) is 5.75 Å². The highest BCUT2D eigenvalue weighted by Crippen LogP contribution is 2.44. The van der Waals surface area contributed by atoms with Gasteiger partial charge in [0.1, 0.15) is 5.92 Å². The topological polar surface area (TPSA) is 118 Å². The van der Waals surface area contributed by atoms with Crippen LogP contribution in [0.1, 0.15) is 24.0 Å². The van der Waals surface area contributed by atoms with Crippen LogP contribution in [-0.2, 0) is 19.1 Å². The first-order valence-electron chi connectivity index (χ1n) is 10.9. The number of allylic oxidation sites excluding steroid dienone is 1. The summed E-state index contributed by atoms with van der Waals surface area (Å²) in [6.07, 6.45) is 0. The number of carbonyl (C=O) groups is 3. The molecule has 1 heterocycles. The summed E-state index contributed by atoms with van der Waals surface area (Å²) in [7, 11) is 1.15. The van der Waals surface area contributed by atoms with Crippen LogP contribution in [0.5, 0.6) is 5.75 Å². The van der Waals surface area contributed by atoms with E-state index in [0.29, 0.717) is 22.9 Å². The van der Waals surface area contributed by atoms with Gasteiger partial charge in [0.2, 0.25) is 11.8 Å². The monoisotopic (exact) mass is 581 g/mol. The van der Waals surface area contributed by atoms with Gasteiger partial charge in [-0.05, 0) is 49.2 Å². The van der Waals surface area contributed by atoms with Crippen LogP contribution in [0.3, 0.4) is 0 Å². The number of nitriles is 1. The smallest absolute Gasteiger partial charge is 0.319 e. The summed E-state index contributed by atoms with van der Waals surface area (Å²) in [5.41, 5.74) is 1.77. The summed E-state index contributed by atoms with van der Waals surface area (Å²) in [6, 6.07) is 10.2. The zero-order valence-electron chi connectivity index (χ0n) is 20.0. The van der Waals surface area contributed by atoms with E-state index in [2.05, 4.69) is 16.7 Å². The van der Waals surface area contributed by atoms with Gasteiger partial charge in [-0.1, -0.05) is 52.6 Å². The number of aryl methyl sites for hydroxylation is 1. The molecule has 0 spiro atoms. The predicted octanol–water partition coefficient (Wildman–Crippen LogP) is 5.46. The number of thioether (sulfide) groups is 1. The lowest BCUT2D eigenvalue weighted by Crippen LogP contribution is -2.44. The molecule has 0 fully saturated rings. The number of ether oxygens (including phenoxy) is 2. The molecule has 0 aromatic heterocycles. The lowest BCUT2D eigenvalue weighted by molar-refractivity contribution is -0.150. The summed E-state index contributed by atoms with van der Waals surface area (Å²) >= 11 is 19.8. The molecule has 2 atom stereocenters. The Kier molecular flexibility index (Phi) is 9.74. The molecular formula is C25H22Cl3N3O5S. The SMILES string of the molecule is CCOc1c(Cl)cc([C@@H]2C(C#N)=C(SCC(=O)Nc3ccc(C)c(Cl)c3)NC(=O)[C@H]2C(=O)OC)cc1Cl. The van der Waals surface area contributed by atoms with Gasteiger partial charge in [-0.15, -0.1) is 0 Å². The minimum atomic E-state index is -1.38. The summed E-state index contributed by atoms with van der Waals surface area (Å²) in [5, 5.41) is 16.3. The minimum Gasteiger partial charge on any atom is -0.491 e. The Balaban J connectivity index is 1.96. The predicted molar refractivity (Wildman–Crippen MR) is 144 cm³/mol. The van der Waals surface area contributed by atoms with Gasteiger partial charge in [-0.25, -0.2) is 0 Å². The first-order valence-corrected chi connectivity index (χ1v) is 13.1. The Hall–Kier alpha value is -2.90. The number of esters is 1. The molecule has 2 aromatic rings. The maximum Gasteiger partial charge on any atom is 0.319 e. The summed E-state index contributed by atoms with van der Waals surface area (Å²) < 4.78 is 10.3. The van der Waals surface area contributed by atoms with E-state index in [1.165, 1.54) is 12.1 Å². The van der Waals surface area contributed by atoms with Gasteiger partial charge in [0.25, 0.3) is 0 Å². The van der Waals surface area contributed by atoms with Crippen LogP contribution in [-0.4, -0.2) is 37.3 Å². The van der Waals surface area contributed by atoms with E-state index in [1.54, 1.807) is 25.1 Å². The number of nitrogens with one attached hydrogen (secondary N) is 2. The standard InChI is InChI=1S/C25H22Cl3N3O5S/c1-4-36-22-17(27)7-13(8-18(22)28)20-15(10-29)24(31-23(33)21(20)25(34)35-3)37-11-19(32)30-14-6-5-12(2)16(26)9-14/h5-9,20-21H,4,11H2,1-3H3,(H,30,32)(H,31,33)/t20-,21+/m1/s1. The van der Waals surface area contributed by atoms with Crippen molar-refractivity contribution in [1.29, 1.82) is 5.26 Å². The second kappa shape index (κ2) is 12.6. The number of hydrogen-bond donors (Lipinski definition) is 2. The second-order valence-corrected chi connectivity index (χ2v) is 10.1. The Morgan fingerprint density at radius 1 is 1.16 bits per heavy atom. The molecule has 2 aromatic carbocycles. The number of hydrogen-bond acceptors (Lipinski definition) is 7. The summed E-state index contributed by atoms with van der Waals surface area (Å²) in [5.74, 6) is -4.24. The average Bonchev–Trinajstić information content (AvgIpc) is 2.86. The molecule has 2 N–H and O–H groups in total. The molecule has 0 saturated carbocycles. The second-order valence-electron chi connectivity index (χ2n) is 7.87.